The third-order valence-electron chi connectivity index (χ3n) is 5.45. The number of hydrogen-bond donors (Lipinski definition) is 3. The van der Waals surface area contributed by atoms with Crippen LogP contribution in [0.25, 0.3) is 33.4 Å². The van der Waals surface area contributed by atoms with Crippen LogP contribution in [0.1, 0.15) is 23.2 Å². The zero-order chi connectivity index (χ0) is 22.2. The Labute approximate surface area is 182 Å². The molecule has 1 fully saturated rings. The van der Waals surface area contributed by atoms with Crippen LogP contribution in [0.15, 0.2) is 49.1 Å². The van der Waals surface area contributed by atoms with Gasteiger partial charge in [-0.05, 0) is 31.0 Å². The first-order valence-electron chi connectivity index (χ1n) is 10.2. The molecule has 5 rings (SSSR count). The predicted molar refractivity (Wildman–Crippen MR) is 117 cm³/mol. The number of benzene rings is 1. The van der Waals surface area contributed by atoms with Crippen molar-refractivity contribution in [2.24, 2.45) is 5.92 Å². The molecule has 1 aliphatic rings. The number of amides is 2. The molecule has 9 heteroatoms. The fraction of sp³-hybridized carbons (Fsp3) is 0.174. The topological polar surface area (TPSA) is 113 Å². The third-order valence-corrected chi connectivity index (χ3v) is 5.45. The first kappa shape index (κ1) is 19.8. The molecule has 160 valence electrons. The summed E-state index contributed by atoms with van der Waals surface area (Å²) in [5.74, 6) is -0.593. The largest absolute Gasteiger partial charge is 0.355 e. The van der Waals surface area contributed by atoms with Crippen molar-refractivity contribution in [1.29, 1.82) is 0 Å². The summed E-state index contributed by atoms with van der Waals surface area (Å²) < 4.78 is 15.1. The highest BCUT2D eigenvalue weighted by atomic mass is 19.1. The molecule has 0 atom stereocenters. The van der Waals surface area contributed by atoms with Crippen molar-refractivity contribution in [1.82, 2.24) is 25.3 Å². The second-order valence-corrected chi connectivity index (χ2v) is 7.62. The number of aromatic nitrogens is 4. The number of nitrogens with one attached hydrogen (secondary N) is 3. The SMILES string of the molecule is CNC(=O)c1cnc(NC(=O)C2CC2)c2[nH]c(-c3ccc(-c4cnccn4)cc3F)cc12. The lowest BCUT2D eigenvalue weighted by Gasteiger charge is -2.07. The lowest BCUT2D eigenvalue weighted by Crippen LogP contribution is -2.19. The molecule has 1 aliphatic carbocycles. The van der Waals surface area contributed by atoms with Crippen LogP contribution >= 0.6 is 0 Å². The standard InChI is InChI=1S/C23H19FN6O2/c1-25-23(32)16-10-28-21(30-22(31)12-2-3-12)20-15(16)9-18(29-20)14-5-4-13(8-17(14)24)19-11-26-6-7-27-19/h4-12,29H,2-3H2,1H3,(H,25,32)(H,28,30,31). The van der Waals surface area contributed by atoms with Crippen molar-refractivity contribution in [3.8, 4) is 22.5 Å². The van der Waals surface area contributed by atoms with Crippen molar-refractivity contribution < 1.29 is 14.0 Å². The van der Waals surface area contributed by atoms with Gasteiger partial charge in [-0.3, -0.25) is 19.6 Å². The van der Waals surface area contributed by atoms with Gasteiger partial charge >= 0.3 is 0 Å². The molecular weight excluding hydrogens is 411 g/mol. The summed E-state index contributed by atoms with van der Waals surface area (Å²) in [6, 6.07) is 6.47. The van der Waals surface area contributed by atoms with E-state index in [1.54, 1.807) is 36.8 Å². The van der Waals surface area contributed by atoms with Crippen molar-refractivity contribution in [2.45, 2.75) is 12.8 Å². The van der Waals surface area contributed by atoms with Gasteiger partial charge in [-0.1, -0.05) is 6.07 Å². The summed E-state index contributed by atoms with van der Waals surface area (Å²) in [5, 5.41) is 5.94. The minimum atomic E-state index is -0.460. The average molecular weight is 430 g/mol. The normalized spacial score (nSPS) is 13.2. The van der Waals surface area contributed by atoms with E-state index in [-0.39, 0.29) is 17.7 Å². The lowest BCUT2D eigenvalue weighted by molar-refractivity contribution is -0.117. The number of nitrogens with zero attached hydrogens (tertiary/aromatic N) is 3. The van der Waals surface area contributed by atoms with Crippen LogP contribution in [0, 0.1) is 11.7 Å². The monoisotopic (exact) mass is 430 g/mol. The first-order valence-corrected chi connectivity index (χ1v) is 10.2. The maximum Gasteiger partial charge on any atom is 0.253 e. The van der Waals surface area contributed by atoms with Crippen LogP contribution in [0.2, 0.25) is 0 Å². The van der Waals surface area contributed by atoms with Gasteiger partial charge < -0.3 is 15.6 Å². The Morgan fingerprint density at radius 2 is 1.97 bits per heavy atom. The molecule has 3 N–H and O–H groups in total. The molecule has 0 bridgehead atoms. The molecule has 8 nitrogen and oxygen atoms in total. The summed E-state index contributed by atoms with van der Waals surface area (Å²) >= 11 is 0. The minimum absolute atomic E-state index is 0.00836. The van der Waals surface area contributed by atoms with E-state index < -0.39 is 5.82 Å². The maximum absolute atomic E-state index is 15.1. The Morgan fingerprint density at radius 1 is 1.12 bits per heavy atom. The Balaban J connectivity index is 1.59. The molecule has 3 aromatic heterocycles. The summed E-state index contributed by atoms with van der Waals surface area (Å²) in [7, 11) is 1.52. The molecule has 1 saturated carbocycles. The quantitative estimate of drug-likeness (QED) is 0.448. The van der Waals surface area contributed by atoms with Gasteiger partial charge in [0.05, 0.1) is 23.0 Å². The van der Waals surface area contributed by atoms with E-state index in [9.17, 15) is 9.59 Å². The summed E-state index contributed by atoms with van der Waals surface area (Å²) in [4.78, 5) is 40.3. The minimum Gasteiger partial charge on any atom is -0.355 e. The Kier molecular flexibility index (Phi) is 4.85. The van der Waals surface area contributed by atoms with Gasteiger partial charge in [-0.15, -0.1) is 0 Å². The van der Waals surface area contributed by atoms with E-state index in [4.69, 9.17) is 0 Å². The van der Waals surface area contributed by atoms with Crippen molar-refractivity contribution in [3.05, 3.63) is 60.4 Å². The molecule has 1 aromatic carbocycles. The maximum atomic E-state index is 15.1. The number of anilines is 1. The highest BCUT2D eigenvalue weighted by Gasteiger charge is 2.30. The summed E-state index contributed by atoms with van der Waals surface area (Å²) in [6.45, 7) is 0. The van der Waals surface area contributed by atoms with E-state index in [1.165, 1.54) is 19.3 Å². The highest BCUT2D eigenvalue weighted by Crippen LogP contribution is 2.34. The van der Waals surface area contributed by atoms with E-state index >= 15 is 4.39 Å². The van der Waals surface area contributed by atoms with Crippen molar-refractivity contribution in [3.63, 3.8) is 0 Å². The Morgan fingerprint density at radius 3 is 2.66 bits per heavy atom. The van der Waals surface area contributed by atoms with Crippen LogP contribution in [-0.2, 0) is 4.79 Å². The predicted octanol–water partition coefficient (Wildman–Crippen LogP) is 3.53. The van der Waals surface area contributed by atoms with Crippen LogP contribution in [0.3, 0.4) is 0 Å². The van der Waals surface area contributed by atoms with Gasteiger partial charge in [0, 0.05) is 53.8 Å². The van der Waals surface area contributed by atoms with Gasteiger partial charge in [0.2, 0.25) is 5.91 Å². The zero-order valence-electron chi connectivity index (χ0n) is 17.1. The molecule has 32 heavy (non-hydrogen) atoms. The van der Waals surface area contributed by atoms with Gasteiger partial charge in [0.15, 0.2) is 5.82 Å². The second kappa shape index (κ2) is 7.84. The number of halogens is 1. The van der Waals surface area contributed by atoms with Gasteiger partial charge in [0.25, 0.3) is 5.91 Å². The molecule has 4 aromatic rings. The highest BCUT2D eigenvalue weighted by molar-refractivity contribution is 6.11. The van der Waals surface area contributed by atoms with Crippen LogP contribution in [0.4, 0.5) is 10.2 Å². The average Bonchev–Trinajstić information content (AvgIpc) is 3.58. The molecule has 0 saturated heterocycles. The number of pyridine rings is 1. The van der Waals surface area contributed by atoms with Gasteiger partial charge in [-0.25, -0.2) is 9.37 Å². The van der Waals surface area contributed by atoms with Gasteiger partial charge in [-0.2, -0.15) is 0 Å². The smallest absolute Gasteiger partial charge is 0.253 e. The molecule has 0 radical (unpaired) electrons. The molecule has 0 unspecified atom stereocenters. The number of hydrogen-bond acceptors (Lipinski definition) is 5. The number of carbonyl (C=O) groups is 2. The number of carbonyl (C=O) groups excluding carboxylic acids is 2. The fourth-order valence-electron chi connectivity index (χ4n) is 3.58. The first-order chi connectivity index (χ1) is 15.5. The van der Waals surface area contributed by atoms with Crippen molar-refractivity contribution in [2.75, 3.05) is 12.4 Å². The van der Waals surface area contributed by atoms with Crippen LogP contribution in [-0.4, -0.2) is 38.8 Å². The molecular formula is C23H19FN6O2. The molecule has 0 spiro atoms. The van der Waals surface area contributed by atoms with E-state index in [2.05, 4.69) is 30.6 Å². The number of H-pyrrole nitrogens is 1. The Hall–Kier alpha value is -4.14. The van der Waals surface area contributed by atoms with E-state index in [0.717, 1.165) is 12.8 Å². The van der Waals surface area contributed by atoms with E-state index in [1.807, 2.05) is 0 Å². The van der Waals surface area contributed by atoms with Gasteiger partial charge in [0.1, 0.15) is 5.82 Å². The number of aromatic amines is 1. The van der Waals surface area contributed by atoms with Crippen LogP contribution < -0.4 is 10.6 Å². The summed E-state index contributed by atoms with van der Waals surface area (Å²) in [6.07, 6.45) is 7.78. The van der Waals surface area contributed by atoms with Crippen molar-refractivity contribution >= 4 is 28.5 Å². The van der Waals surface area contributed by atoms with E-state index in [0.29, 0.717) is 44.8 Å². The zero-order valence-corrected chi connectivity index (χ0v) is 17.1. The van der Waals surface area contributed by atoms with Crippen LogP contribution in [0.5, 0.6) is 0 Å². The number of rotatable bonds is 5. The molecule has 2 amide bonds. The number of fused-ring (bicyclic) bond motifs is 1. The third kappa shape index (κ3) is 3.58. The summed E-state index contributed by atoms with van der Waals surface area (Å²) in [5.41, 5.74) is 2.73. The lowest BCUT2D eigenvalue weighted by atomic mass is 10.1. The second-order valence-electron chi connectivity index (χ2n) is 7.62. The Bertz CT molecular complexity index is 1350. The molecule has 0 aliphatic heterocycles. The molecule has 3 heterocycles. The fourth-order valence-corrected chi connectivity index (χ4v) is 3.58.